The summed E-state index contributed by atoms with van der Waals surface area (Å²) >= 11 is 5.24. The van der Waals surface area contributed by atoms with Crippen molar-refractivity contribution in [1.82, 2.24) is 10.3 Å². The molecule has 0 aliphatic carbocycles. The number of nitrogens with one attached hydrogen (secondary N) is 1. The first-order chi connectivity index (χ1) is 8.56. The van der Waals surface area contributed by atoms with Crippen LogP contribution in [0.4, 0.5) is 0 Å². The van der Waals surface area contributed by atoms with Gasteiger partial charge in [-0.1, -0.05) is 28.1 Å². The molecule has 1 N–H and O–H groups in total. The third-order valence-corrected chi connectivity index (χ3v) is 4.09. The van der Waals surface area contributed by atoms with E-state index in [0.29, 0.717) is 6.04 Å². The number of benzene rings is 1. The molecule has 1 aromatic carbocycles. The van der Waals surface area contributed by atoms with E-state index in [1.807, 2.05) is 13.0 Å². The molecule has 1 heterocycles. The molecular weight excluding hydrogens is 308 g/mol. The number of nitrogens with zero attached hydrogens (tertiary/aromatic N) is 1. The van der Waals surface area contributed by atoms with Crippen LogP contribution in [0, 0.1) is 6.92 Å². The Balaban J connectivity index is 2.36. The first-order valence-corrected chi connectivity index (χ1v) is 7.67. The molecule has 1 unspecified atom stereocenters. The molecule has 1 atom stereocenters. The Hall–Kier alpha value is -0.710. The molecule has 0 radical (unpaired) electrons. The molecule has 2 nitrogen and oxygen atoms in total. The van der Waals surface area contributed by atoms with Crippen molar-refractivity contribution in [3.63, 3.8) is 0 Å². The van der Waals surface area contributed by atoms with Gasteiger partial charge in [0, 0.05) is 21.6 Å². The highest BCUT2D eigenvalue weighted by atomic mass is 79.9. The molecule has 0 fully saturated rings. The number of aryl methyl sites for hydroxylation is 1. The normalized spacial score (nSPS) is 12.9. The molecule has 2 rings (SSSR count). The Kier molecular flexibility index (Phi) is 4.54. The lowest BCUT2D eigenvalue weighted by atomic mass is 10.1. The van der Waals surface area contributed by atoms with Gasteiger partial charge in [0.25, 0.3) is 0 Å². The molecule has 0 spiro atoms. The highest BCUT2D eigenvalue weighted by molar-refractivity contribution is 9.10. The Morgan fingerprint density at radius 1 is 1.33 bits per heavy atom. The molecule has 4 heteroatoms. The van der Waals surface area contributed by atoms with Crippen molar-refractivity contribution in [2.45, 2.75) is 32.9 Å². The summed E-state index contributed by atoms with van der Waals surface area (Å²) in [5.41, 5.74) is 2.33. The lowest BCUT2D eigenvalue weighted by Crippen LogP contribution is -2.28. The van der Waals surface area contributed by atoms with Gasteiger partial charge in [0.1, 0.15) is 5.01 Å². The van der Waals surface area contributed by atoms with E-state index < -0.39 is 0 Å². The Labute approximate surface area is 121 Å². The topological polar surface area (TPSA) is 24.9 Å². The van der Waals surface area contributed by atoms with Crippen LogP contribution in [0.1, 0.15) is 36.2 Å². The quantitative estimate of drug-likeness (QED) is 0.906. The van der Waals surface area contributed by atoms with Gasteiger partial charge < -0.3 is 5.32 Å². The predicted octanol–water partition coefficient (Wildman–Crippen LogP) is 4.30. The van der Waals surface area contributed by atoms with Crippen molar-refractivity contribution in [3.8, 4) is 0 Å². The molecule has 0 saturated heterocycles. The van der Waals surface area contributed by atoms with Crippen LogP contribution in [0.5, 0.6) is 0 Å². The maximum Gasteiger partial charge on any atom is 0.114 e. The van der Waals surface area contributed by atoms with Crippen LogP contribution >= 0.6 is 27.3 Å². The summed E-state index contributed by atoms with van der Waals surface area (Å²) < 4.78 is 1.10. The zero-order valence-electron chi connectivity index (χ0n) is 10.8. The third kappa shape index (κ3) is 3.40. The minimum Gasteiger partial charge on any atom is -0.302 e. The minimum absolute atomic E-state index is 0.168. The standard InChI is InChI=1S/C14H17BrN2S/c1-9(2)16-13(14-17-10(3)8-18-14)11-5-4-6-12(15)7-11/h4-9,13,16H,1-3H3. The van der Waals surface area contributed by atoms with Crippen LogP contribution in [-0.4, -0.2) is 11.0 Å². The second-order valence-corrected chi connectivity index (χ2v) is 6.44. The van der Waals surface area contributed by atoms with Crippen LogP contribution < -0.4 is 5.32 Å². The third-order valence-electron chi connectivity index (χ3n) is 2.57. The van der Waals surface area contributed by atoms with Crippen molar-refractivity contribution in [3.05, 3.63) is 50.4 Å². The monoisotopic (exact) mass is 324 g/mol. The van der Waals surface area contributed by atoms with Crippen LogP contribution in [-0.2, 0) is 0 Å². The van der Waals surface area contributed by atoms with Crippen molar-refractivity contribution in [1.29, 1.82) is 0 Å². The molecular formula is C14H17BrN2S. The number of rotatable bonds is 4. The number of hydrogen-bond donors (Lipinski definition) is 1. The van der Waals surface area contributed by atoms with Crippen molar-refractivity contribution >= 4 is 27.3 Å². The highest BCUT2D eigenvalue weighted by Crippen LogP contribution is 2.27. The fourth-order valence-electron chi connectivity index (χ4n) is 1.83. The second kappa shape index (κ2) is 5.95. The first kappa shape index (κ1) is 13.7. The summed E-state index contributed by atoms with van der Waals surface area (Å²) in [6.07, 6.45) is 0. The highest BCUT2D eigenvalue weighted by Gasteiger charge is 2.18. The average molecular weight is 325 g/mol. The maximum absolute atomic E-state index is 4.61. The van der Waals surface area contributed by atoms with Gasteiger partial charge in [-0.05, 0) is 38.5 Å². The first-order valence-electron chi connectivity index (χ1n) is 6.00. The van der Waals surface area contributed by atoms with Crippen molar-refractivity contribution in [2.24, 2.45) is 0 Å². The molecule has 0 aliphatic rings. The zero-order chi connectivity index (χ0) is 13.1. The summed E-state index contributed by atoms with van der Waals surface area (Å²) in [6.45, 7) is 6.35. The van der Waals surface area contributed by atoms with Gasteiger partial charge in [0.15, 0.2) is 0 Å². The Morgan fingerprint density at radius 3 is 2.67 bits per heavy atom. The lowest BCUT2D eigenvalue weighted by Gasteiger charge is -2.20. The van der Waals surface area contributed by atoms with Gasteiger partial charge in [-0.15, -0.1) is 11.3 Å². The average Bonchev–Trinajstić information content (AvgIpc) is 2.72. The molecule has 18 heavy (non-hydrogen) atoms. The van der Waals surface area contributed by atoms with E-state index in [-0.39, 0.29) is 6.04 Å². The number of hydrogen-bond acceptors (Lipinski definition) is 3. The summed E-state index contributed by atoms with van der Waals surface area (Å²) in [5, 5.41) is 6.80. The maximum atomic E-state index is 4.61. The van der Waals surface area contributed by atoms with Gasteiger partial charge in [-0.3, -0.25) is 0 Å². The van der Waals surface area contributed by atoms with Crippen molar-refractivity contribution < 1.29 is 0 Å². The fraction of sp³-hybridized carbons (Fsp3) is 0.357. The van der Waals surface area contributed by atoms with E-state index in [1.54, 1.807) is 11.3 Å². The van der Waals surface area contributed by atoms with Crippen LogP contribution in [0.15, 0.2) is 34.1 Å². The van der Waals surface area contributed by atoms with Crippen LogP contribution in [0.2, 0.25) is 0 Å². The van der Waals surface area contributed by atoms with Crippen LogP contribution in [0.25, 0.3) is 0 Å². The Morgan fingerprint density at radius 2 is 2.11 bits per heavy atom. The summed E-state index contributed by atoms with van der Waals surface area (Å²) in [6, 6.07) is 8.98. The van der Waals surface area contributed by atoms with E-state index in [2.05, 4.69) is 63.7 Å². The number of thiazole rings is 1. The number of halogens is 1. The zero-order valence-corrected chi connectivity index (χ0v) is 13.2. The smallest absolute Gasteiger partial charge is 0.114 e. The molecule has 0 amide bonds. The van der Waals surface area contributed by atoms with Crippen molar-refractivity contribution in [2.75, 3.05) is 0 Å². The predicted molar refractivity (Wildman–Crippen MR) is 81.1 cm³/mol. The lowest BCUT2D eigenvalue weighted by molar-refractivity contribution is 0.526. The van der Waals surface area contributed by atoms with Crippen LogP contribution in [0.3, 0.4) is 0 Å². The summed E-state index contributed by atoms with van der Waals surface area (Å²) in [7, 11) is 0. The number of aromatic nitrogens is 1. The van der Waals surface area contributed by atoms with E-state index in [1.165, 1.54) is 5.56 Å². The molecule has 0 aliphatic heterocycles. The van der Waals surface area contributed by atoms with Gasteiger partial charge >= 0.3 is 0 Å². The van der Waals surface area contributed by atoms with Gasteiger partial charge in [0.05, 0.1) is 6.04 Å². The van der Waals surface area contributed by atoms with E-state index >= 15 is 0 Å². The second-order valence-electron chi connectivity index (χ2n) is 4.64. The molecule has 1 aromatic heterocycles. The molecule has 0 saturated carbocycles. The molecule has 0 bridgehead atoms. The SMILES string of the molecule is Cc1csc(C(NC(C)C)c2cccc(Br)c2)n1. The van der Waals surface area contributed by atoms with E-state index in [9.17, 15) is 0 Å². The Bertz CT molecular complexity index is 522. The van der Waals surface area contributed by atoms with E-state index in [4.69, 9.17) is 0 Å². The minimum atomic E-state index is 0.168. The van der Waals surface area contributed by atoms with Gasteiger partial charge in [0.2, 0.25) is 0 Å². The summed E-state index contributed by atoms with van der Waals surface area (Å²) in [4.78, 5) is 4.61. The van der Waals surface area contributed by atoms with E-state index in [0.717, 1.165) is 15.2 Å². The summed E-state index contributed by atoms with van der Waals surface area (Å²) in [5.74, 6) is 0. The largest absolute Gasteiger partial charge is 0.302 e. The van der Waals surface area contributed by atoms with Gasteiger partial charge in [-0.25, -0.2) is 4.98 Å². The fourth-order valence-corrected chi connectivity index (χ4v) is 3.13. The van der Waals surface area contributed by atoms with Gasteiger partial charge in [-0.2, -0.15) is 0 Å². The molecule has 96 valence electrons. The molecule has 2 aromatic rings.